The molecule has 0 spiro atoms. The molecule has 2 N–H and O–H groups in total. The van der Waals surface area contributed by atoms with E-state index in [0.29, 0.717) is 5.56 Å². The van der Waals surface area contributed by atoms with E-state index in [9.17, 15) is 4.79 Å². The number of benzene rings is 1. The summed E-state index contributed by atoms with van der Waals surface area (Å²) >= 11 is 0. The van der Waals surface area contributed by atoms with Gasteiger partial charge in [-0.3, -0.25) is 0 Å². The van der Waals surface area contributed by atoms with Crippen LogP contribution in [0.25, 0.3) is 0 Å². The third-order valence-electron chi connectivity index (χ3n) is 3.10. The van der Waals surface area contributed by atoms with Crippen molar-refractivity contribution in [3.8, 4) is 0 Å². The molecule has 0 fully saturated rings. The van der Waals surface area contributed by atoms with Gasteiger partial charge < -0.3 is 10.2 Å². The van der Waals surface area contributed by atoms with Crippen molar-refractivity contribution in [3.05, 3.63) is 35.4 Å². The standard InChI is InChI=1S/C9H10O2.C8H18O/c1-2-7-5-3-4-6-8(7)9(10)11;1-3-4-5-6-7-8(2)9/h3-6H,2H2,1H3,(H,10,11);8-9H,3-7H2,1-2H3. The molecule has 1 aromatic rings. The Morgan fingerprint density at radius 1 is 1.15 bits per heavy atom. The Kier molecular flexibility index (Phi) is 10.7. The predicted molar refractivity (Wildman–Crippen MR) is 83.2 cm³/mol. The molecule has 20 heavy (non-hydrogen) atoms. The van der Waals surface area contributed by atoms with Crippen LogP contribution in [0.4, 0.5) is 0 Å². The lowest BCUT2D eigenvalue weighted by Crippen LogP contribution is -2.00. The van der Waals surface area contributed by atoms with Gasteiger partial charge in [0.2, 0.25) is 0 Å². The molecule has 0 aliphatic carbocycles. The van der Waals surface area contributed by atoms with E-state index in [4.69, 9.17) is 10.2 Å². The first-order chi connectivity index (χ1) is 9.52. The van der Waals surface area contributed by atoms with E-state index in [0.717, 1.165) is 18.4 Å². The SMILES string of the molecule is CCCCCCC(C)O.CCc1ccccc1C(=O)O. The minimum absolute atomic E-state index is 0.0955. The predicted octanol–water partition coefficient (Wildman–Crippen LogP) is 4.28. The maximum Gasteiger partial charge on any atom is 0.335 e. The van der Waals surface area contributed by atoms with E-state index in [1.165, 1.54) is 25.7 Å². The van der Waals surface area contributed by atoms with Gasteiger partial charge in [0, 0.05) is 0 Å². The van der Waals surface area contributed by atoms with Crippen LogP contribution in [0.15, 0.2) is 24.3 Å². The van der Waals surface area contributed by atoms with Gasteiger partial charge >= 0.3 is 5.97 Å². The lowest BCUT2D eigenvalue weighted by molar-refractivity contribution is 0.0695. The van der Waals surface area contributed by atoms with Crippen molar-refractivity contribution in [2.75, 3.05) is 0 Å². The molecule has 3 nitrogen and oxygen atoms in total. The number of aliphatic hydroxyl groups excluding tert-OH is 1. The molecular formula is C17H28O3. The van der Waals surface area contributed by atoms with Crippen molar-refractivity contribution < 1.29 is 15.0 Å². The van der Waals surface area contributed by atoms with E-state index < -0.39 is 5.97 Å². The van der Waals surface area contributed by atoms with Crippen LogP contribution in [0.1, 0.15) is 68.8 Å². The van der Waals surface area contributed by atoms with Crippen LogP contribution in [0.3, 0.4) is 0 Å². The first kappa shape index (κ1) is 18.7. The molecule has 0 saturated heterocycles. The molecule has 0 saturated carbocycles. The average molecular weight is 280 g/mol. The smallest absolute Gasteiger partial charge is 0.335 e. The van der Waals surface area contributed by atoms with Crippen molar-refractivity contribution in [2.24, 2.45) is 0 Å². The maximum atomic E-state index is 10.6. The second-order valence-electron chi connectivity index (χ2n) is 5.01. The van der Waals surface area contributed by atoms with Crippen LogP contribution in [0.5, 0.6) is 0 Å². The van der Waals surface area contributed by atoms with Gasteiger partial charge in [-0.15, -0.1) is 0 Å². The van der Waals surface area contributed by atoms with Crippen LogP contribution in [0, 0.1) is 0 Å². The monoisotopic (exact) mass is 280 g/mol. The van der Waals surface area contributed by atoms with E-state index in [1.807, 2.05) is 26.0 Å². The summed E-state index contributed by atoms with van der Waals surface area (Å²) in [4.78, 5) is 10.6. The normalized spacial score (nSPS) is 11.4. The molecule has 0 amide bonds. The summed E-state index contributed by atoms with van der Waals surface area (Å²) in [6.07, 6.45) is 6.70. The maximum absolute atomic E-state index is 10.6. The summed E-state index contributed by atoms with van der Waals surface area (Å²) in [5.74, 6) is -0.845. The molecule has 0 aliphatic rings. The number of aryl methyl sites for hydroxylation is 1. The van der Waals surface area contributed by atoms with Gasteiger partial charge in [0.05, 0.1) is 11.7 Å². The van der Waals surface area contributed by atoms with Crippen molar-refractivity contribution in [1.82, 2.24) is 0 Å². The number of carboxylic acid groups (broad SMARTS) is 1. The van der Waals surface area contributed by atoms with E-state index in [1.54, 1.807) is 12.1 Å². The van der Waals surface area contributed by atoms with E-state index >= 15 is 0 Å². The number of aliphatic hydroxyl groups is 1. The number of rotatable bonds is 7. The van der Waals surface area contributed by atoms with E-state index in [2.05, 4.69) is 6.92 Å². The fraction of sp³-hybridized carbons (Fsp3) is 0.588. The third-order valence-corrected chi connectivity index (χ3v) is 3.10. The van der Waals surface area contributed by atoms with Crippen LogP contribution in [0.2, 0.25) is 0 Å². The summed E-state index contributed by atoms with van der Waals surface area (Å²) in [5.41, 5.74) is 1.30. The average Bonchev–Trinajstić information content (AvgIpc) is 2.44. The van der Waals surface area contributed by atoms with E-state index in [-0.39, 0.29) is 6.10 Å². The Morgan fingerprint density at radius 3 is 2.25 bits per heavy atom. The number of carbonyl (C=O) groups is 1. The lowest BCUT2D eigenvalue weighted by Gasteiger charge is -2.01. The first-order valence-electron chi connectivity index (χ1n) is 7.52. The fourth-order valence-electron chi connectivity index (χ4n) is 1.90. The van der Waals surface area contributed by atoms with Crippen LogP contribution >= 0.6 is 0 Å². The largest absolute Gasteiger partial charge is 0.478 e. The van der Waals surface area contributed by atoms with Crippen LogP contribution < -0.4 is 0 Å². The molecule has 1 atom stereocenters. The lowest BCUT2D eigenvalue weighted by atomic mass is 10.1. The molecule has 0 heterocycles. The number of aromatic carboxylic acids is 1. The number of unbranched alkanes of at least 4 members (excludes halogenated alkanes) is 3. The molecule has 0 aliphatic heterocycles. The van der Waals surface area contributed by atoms with Crippen molar-refractivity contribution in [1.29, 1.82) is 0 Å². The van der Waals surface area contributed by atoms with Crippen molar-refractivity contribution in [2.45, 2.75) is 65.4 Å². The molecule has 1 aromatic carbocycles. The molecule has 0 aromatic heterocycles. The topological polar surface area (TPSA) is 57.5 Å². The zero-order valence-corrected chi connectivity index (χ0v) is 12.9. The van der Waals surface area contributed by atoms with Gasteiger partial charge in [-0.1, -0.05) is 57.7 Å². The Balaban J connectivity index is 0.000000370. The second kappa shape index (κ2) is 11.5. The number of carboxylic acids is 1. The minimum atomic E-state index is -0.845. The zero-order valence-electron chi connectivity index (χ0n) is 12.9. The molecule has 1 unspecified atom stereocenters. The van der Waals surface area contributed by atoms with Gasteiger partial charge in [-0.25, -0.2) is 4.79 Å². The molecule has 0 bridgehead atoms. The van der Waals surface area contributed by atoms with Gasteiger partial charge in [-0.05, 0) is 31.4 Å². The zero-order chi connectivity index (χ0) is 15.4. The first-order valence-corrected chi connectivity index (χ1v) is 7.52. The highest BCUT2D eigenvalue weighted by Gasteiger charge is 2.05. The quantitative estimate of drug-likeness (QED) is 0.733. The van der Waals surface area contributed by atoms with Crippen molar-refractivity contribution >= 4 is 5.97 Å². The second-order valence-corrected chi connectivity index (χ2v) is 5.01. The van der Waals surface area contributed by atoms with Crippen LogP contribution in [-0.4, -0.2) is 22.3 Å². The number of hydrogen-bond acceptors (Lipinski definition) is 2. The minimum Gasteiger partial charge on any atom is -0.478 e. The Bertz CT molecular complexity index is 372. The molecule has 114 valence electrons. The molecule has 3 heteroatoms. The summed E-state index contributed by atoms with van der Waals surface area (Å²) < 4.78 is 0. The summed E-state index contributed by atoms with van der Waals surface area (Å²) in [7, 11) is 0. The summed E-state index contributed by atoms with van der Waals surface area (Å²) in [5, 5.41) is 17.5. The van der Waals surface area contributed by atoms with Crippen LogP contribution in [-0.2, 0) is 6.42 Å². The summed E-state index contributed by atoms with van der Waals surface area (Å²) in [6, 6.07) is 7.05. The molecular weight excluding hydrogens is 252 g/mol. The molecule has 0 radical (unpaired) electrons. The highest BCUT2D eigenvalue weighted by atomic mass is 16.4. The highest BCUT2D eigenvalue weighted by molar-refractivity contribution is 5.89. The summed E-state index contributed by atoms with van der Waals surface area (Å²) in [6.45, 7) is 6.00. The van der Waals surface area contributed by atoms with Gasteiger partial charge in [0.25, 0.3) is 0 Å². The molecule has 1 rings (SSSR count). The fourth-order valence-corrected chi connectivity index (χ4v) is 1.90. The third kappa shape index (κ3) is 8.70. The van der Waals surface area contributed by atoms with Crippen molar-refractivity contribution in [3.63, 3.8) is 0 Å². The van der Waals surface area contributed by atoms with Gasteiger partial charge in [-0.2, -0.15) is 0 Å². The van der Waals surface area contributed by atoms with Gasteiger partial charge in [0.1, 0.15) is 0 Å². The Labute approximate surface area is 122 Å². The highest BCUT2D eigenvalue weighted by Crippen LogP contribution is 2.08. The van der Waals surface area contributed by atoms with Gasteiger partial charge in [0.15, 0.2) is 0 Å². The Morgan fingerprint density at radius 2 is 1.80 bits per heavy atom. The number of hydrogen-bond donors (Lipinski definition) is 2. The Hall–Kier alpha value is -1.35.